The number of hydrogen-bond donors (Lipinski definition) is 1. The van der Waals surface area contributed by atoms with Crippen LogP contribution < -0.4 is 0 Å². The molecule has 0 aromatic heterocycles. The van der Waals surface area contributed by atoms with E-state index in [1.54, 1.807) is 0 Å². The summed E-state index contributed by atoms with van der Waals surface area (Å²) in [5.74, 6) is 0. The van der Waals surface area contributed by atoms with Crippen molar-refractivity contribution in [2.24, 2.45) is 0 Å². The molecule has 6 rings (SSSR count). The van der Waals surface area contributed by atoms with Crippen molar-refractivity contribution in [1.29, 1.82) is 0 Å². The molecular weight excluding hydrogens is 576 g/mol. The molecule has 2 fully saturated rings. The highest BCUT2D eigenvalue weighted by molar-refractivity contribution is 5.29. The molecule has 0 spiro atoms. The van der Waals surface area contributed by atoms with Gasteiger partial charge in [0.15, 0.2) is 6.29 Å². The van der Waals surface area contributed by atoms with Gasteiger partial charge in [-0.2, -0.15) is 0 Å². The summed E-state index contributed by atoms with van der Waals surface area (Å²) in [4.78, 5) is 0. The van der Waals surface area contributed by atoms with Gasteiger partial charge in [-0.15, -0.1) is 0 Å². The molecule has 2 aliphatic rings. The fraction of sp³-hybridized carbons (Fsp3) is 0.400. The summed E-state index contributed by atoms with van der Waals surface area (Å²) < 4.78 is 33.6. The molecule has 7 atom stereocenters. The Morgan fingerprint density at radius 1 is 0.674 bits per heavy atom. The first-order valence-electron chi connectivity index (χ1n) is 16.6. The average Bonchev–Trinajstić information content (AvgIpc) is 3.09. The monoisotopic (exact) mass is 622 g/mol. The lowest BCUT2D eigenvalue weighted by Crippen LogP contribution is -2.61. The van der Waals surface area contributed by atoms with Crippen molar-refractivity contribution >= 4 is 0 Å². The second-order valence-electron chi connectivity index (χ2n) is 12.7. The van der Waals surface area contributed by atoms with E-state index in [1.807, 2.05) is 85.8 Å². The van der Waals surface area contributed by atoms with Crippen molar-refractivity contribution in [3.8, 4) is 0 Å². The van der Waals surface area contributed by atoms with E-state index in [0.29, 0.717) is 32.7 Å². The zero-order chi connectivity index (χ0) is 31.8. The molecule has 1 saturated heterocycles. The van der Waals surface area contributed by atoms with E-state index >= 15 is 0 Å². The Hall–Kier alpha value is -3.36. The van der Waals surface area contributed by atoms with Crippen LogP contribution in [-0.4, -0.2) is 41.9 Å². The van der Waals surface area contributed by atoms with Gasteiger partial charge < -0.3 is 28.8 Å². The minimum absolute atomic E-state index is 0.354. The van der Waals surface area contributed by atoms with Crippen LogP contribution in [0.1, 0.15) is 60.4 Å². The Labute approximate surface area is 273 Å². The van der Waals surface area contributed by atoms with Crippen molar-refractivity contribution in [2.45, 2.75) is 102 Å². The molecule has 0 radical (unpaired) electrons. The Morgan fingerprint density at radius 2 is 1.22 bits per heavy atom. The van der Waals surface area contributed by atoms with E-state index in [1.165, 1.54) is 0 Å². The van der Waals surface area contributed by atoms with Crippen LogP contribution in [0.25, 0.3) is 0 Å². The molecule has 46 heavy (non-hydrogen) atoms. The fourth-order valence-corrected chi connectivity index (χ4v) is 6.69. The number of aliphatic hydroxyl groups is 1. The van der Waals surface area contributed by atoms with Gasteiger partial charge in [0, 0.05) is 0 Å². The quantitative estimate of drug-likeness (QED) is 0.175. The Bertz CT molecular complexity index is 1480. The van der Waals surface area contributed by atoms with Crippen molar-refractivity contribution in [1.82, 2.24) is 0 Å². The minimum Gasteiger partial charge on any atom is -0.382 e. The lowest BCUT2D eigenvalue weighted by Gasteiger charge is -2.48. The molecule has 0 unspecified atom stereocenters. The third-order valence-electron chi connectivity index (χ3n) is 9.21. The number of ether oxygens (including phenoxy) is 5. The van der Waals surface area contributed by atoms with Crippen LogP contribution in [0.4, 0.5) is 0 Å². The van der Waals surface area contributed by atoms with Gasteiger partial charge in [0.05, 0.1) is 32.0 Å². The van der Waals surface area contributed by atoms with E-state index < -0.39 is 36.3 Å². The lowest BCUT2D eigenvalue weighted by molar-refractivity contribution is -0.341. The normalized spacial score (nSPS) is 28.2. The van der Waals surface area contributed by atoms with Gasteiger partial charge in [-0.1, -0.05) is 134 Å². The molecule has 6 heteroatoms. The van der Waals surface area contributed by atoms with Crippen molar-refractivity contribution in [3.05, 3.63) is 143 Å². The van der Waals surface area contributed by atoms with E-state index in [2.05, 4.69) is 43.3 Å². The van der Waals surface area contributed by atoms with Gasteiger partial charge in [0.25, 0.3) is 0 Å². The average molecular weight is 623 g/mol. The topological polar surface area (TPSA) is 66.4 Å². The van der Waals surface area contributed by atoms with Crippen LogP contribution in [-0.2, 0) is 49.1 Å². The van der Waals surface area contributed by atoms with Crippen LogP contribution in [0.2, 0.25) is 0 Å². The summed E-state index contributed by atoms with van der Waals surface area (Å²) in [5, 5.41) is 12.2. The van der Waals surface area contributed by atoms with Crippen LogP contribution in [0.3, 0.4) is 0 Å². The minimum atomic E-state index is -1.14. The van der Waals surface area contributed by atoms with Crippen molar-refractivity contribution in [3.63, 3.8) is 0 Å². The van der Waals surface area contributed by atoms with Gasteiger partial charge >= 0.3 is 0 Å². The molecule has 1 heterocycles. The largest absolute Gasteiger partial charge is 0.382 e. The maximum Gasteiger partial charge on any atom is 0.187 e. The number of benzene rings is 4. The van der Waals surface area contributed by atoms with E-state index in [4.69, 9.17) is 23.7 Å². The first kappa shape index (κ1) is 32.6. The Kier molecular flexibility index (Phi) is 11.0. The predicted octanol–water partition coefficient (Wildman–Crippen LogP) is 7.64. The molecule has 1 aliphatic heterocycles. The van der Waals surface area contributed by atoms with Crippen LogP contribution in [0, 0.1) is 6.92 Å². The molecule has 242 valence electrons. The second kappa shape index (κ2) is 15.5. The maximum absolute atomic E-state index is 12.2. The molecule has 4 aromatic rings. The SMILES string of the molecule is Cc1cccc([C@]2(O)CCCC[C@H]2O[C@@H]2O[C@@H](C)[C@@H](OCc3ccccc3)[C@@H](OCc3ccccc3)[C@@H]2OCc2ccccc2)c1. The molecular formula is C40H46O6. The summed E-state index contributed by atoms with van der Waals surface area (Å²) in [6.07, 6.45) is 0.0691. The molecule has 6 nitrogen and oxygen atoms in total. The highest BCUT2D eigenvalue weighted by Crippen LogP contribution is 2.42. The first-order chi connectivity index (χ1) is 22.5. The third-order valence-corrected chi connectivity index (χ3v) is 9.21. The van der Waals surface area contributed by atoms with Crippen LogP contribution >= 0.6 is 0 Å². The summed E-state index contributed by atoms with van der Waals surface area (Å²) in [6, 6.07) is 38.5. The van der Waals surface area contributed by atoms with Crippen molar-refractivity contribution < 1.29 is 28.8 Å². The summed E-state index contributed by atoms with van der Waals surface area (Å²) in [6.45, 7) is 5.21. The van der Waals surface area contributed by atoms with E-state index in [-0.39, 0.29) is 6.10 Å². The lowest BCUT2D eigenvalue weighted by atomic mass is 9.77. The van der Waals surface area contributed by atoms with E-state index in [9.17, 15) is 5.11 Å². The highest BCUT2D eigenvalue weighted by atomic mass is 16.7. The first-order valence-corrected chi connectivity index (χ1v) is 16.6. The van der Waals surface area contributed by atoms with Crippen molar-refractivity contribution in [2.75, 3.05) is 0 Å². The number of hydrogen-bond acceptors (Lipinski definition) is 6. The Morgan fingerprint density at radius 3 is 1.78 bits per heavy atom. The number of aryl methyl sites for hydroxylation is 1. The molecule has 1 saturated carbocycles. The molecule has 1 N–H and O–H groups in total. The van der Waals surface area contributed by atoms with Crippen LogP contribution in [0.15, 0.2) is 115 Å². The smallest absolute Gasteiger partial charge is 0.187 e. The van der Waals surface area contributed by atoms with Gasteiger partial charge in [-0.25, -0.2) is 0 Å². The fourth-order valence-electron chi connectivity index (χ4n) is 6.69. The van der Waals surface area contributed by atoms with Gasteiger partial charge in [0.1, 0.15) is 23.9 Å². The second-order valence-corrected chi connectivity index (χ2v) is 12.7. The molecule has 4 aromatic carbocycles. The maximum atomic E-state index is 12.2. The number of rotatable bonds is 12. The Balaban J connectivity index is 1.31. The highest BCUT2D eigenvalue weighted by Gasteiger charge is 2.51. The zero-order valence-electron chi connectivity index (χ0n) is 26.9. The molecule has 1 aliphatic carbocycles. The van der Waals surface area contributed by atoms with Gasteiger partial charge in [-0.05, 0) is 48.9 Å². The van der Waals surface area contributed by atoms with Gasteiger partial charge in [0.2, 0.25) is 0 Å². The summed E-state index contributed by atoms with van der Waals surface area (Å²) in [7, 11) is 0. The predicted molar refractivity (Wildman–Crippen MR) is 178 cm³/mol. The van der Waals surface area contributed by atoms with Crippen LogP contribution in [0.5, 0.6) is 0 Å². The molecule has 0 amide bonds. The third kappa shape index (κ3) is 7.95. The molecule has 0 bridgehead atoms. The standard InChI is InChI=1S/C40H46O6/c1-29-15-14-22-34(25-29)40(41)24-13-12-23-35(40)46-39-38(44-28-33-20-10-5-11-21-33)37(43-27-32-18-8-4-9-19-32)36(30(2)45-39)42-26-31-16-6-3-7-17-31/h3-11,14-22,25,30,35-39,41H,12-13,23-24,26-28H2,1-2H3/t30-,35+,36+,37+,38-,39-,40+/m0/s1. The summed E-state index contributed by atoms with van der Waals surface area (Å²) in [5.41, 5.74) is 4.02. The van der Waals surface area contributed by atoms with Gasteiger partial charge in [-0.3, -0.25) is 0 Å². The zero-order valence-corrected chi connectivity index (χ0v) is 26.9. The van der Waals surface area contributed by atoms with E-state index in [0.717, 1.165) is 40.7 Å². The summed E-state index contributed by atoms with van der Waals surface area (Å²) >= 11 is 0.